The lowest BCUT2D eigenvalue weighted by Gasteiger charge is -2.40. The molecular formula is C63H106O12. The van der Waals surface area contributed by atoms with Crippen LogP contribution in [0.15, 0.2) is 72.9 Å². The molecule has 1 saturated heterocycles. The highest BCUT2D eigenvalue weighted by atomic mass is 16.7. The first kappa shape index (κ1) is 69.2. The fraction of sp³-hybridized carbons (Fsp3) is 0.746. The second kappa shape index (κ2) is 50.9. The van der Waals surface area contributed by atoms with Gasteiger partial charge in [-0.3, -0.25) is 14.4 Å². The molecular weight excluding hydrogens is 949 g/mol. The van der Waals surface area contributed by atoms with Gasteiger partial charge in [0, 0.05) is 19.3 Å². The minimum absolute atomic E-state index is 0.0493. The van der Waals surface area contributed by atoms with Crippen molar-refractivity contribution in [1.82, 2.24) is 0 Å². The number of aliphatic hydroxyl groups excluding tert-OH is 2. The van der Waals surface area contributed by atoms with Gasteiger partial charge in [0.25, 0.3) is 0 Å². The van der Waals surface area contributed by atoms with Crippen LogP contribution in [0.25, 0.3) is 0 Å². The average molecular weight is 1060 g/mol. The molecule has 1 aliphatic rings. The van der Waals surface area contributed by atoms with Crippen LogP contribution in [0.4, 0.5) is 0 Å². The van der Waals surface area contributed by atoms with Crippen molar-refractivity contribution < 1.29 is 58.2 Å². The lowest BCUT2D eigenvalue weighted by molar-refractivity contribution is -0.301. The van der Waals surface area contributed by atoms with Gasteiger partial charge < -0.3 is 39.0 Å². The Bertz CT molecular complexity index is 1580. The number of carboxylic acids is 1. The maximum Gasteiger partial charge on any atom is 0.335 e. The predicted octanol–water partition coefficient (Wildman–Crippen LogP) is 15.3. The van der Waals surface area contributed by atoms with Gasteiger partial charge in [0.05, 0.1) is 6.61 Å². The third kappa shape index (κ3) is 41.0. The molecule has 430 valence electrons. The van der Waals surface area contributed by atoms with E-state index < -0.39 is 67.3 Å². The number of aliphatic hydroxyl groups is 2. The third-order valence-corrected chi connectivity index (χ3v) is 13.2. The highest BCUT2D eigenvalue weighted by molar-refractivity contribution is 5.74. The number of aliphatic carboxylic acids is 1. The summed E-state index contributed by atoms with van der Waals surface area (Å²) in [6, 6.07) is 0. The molecule has 1 aliphatic heterocycles. The Hall–Kier alpha value is -3.84. The molecule has 0 aromatic heterocycles. The second-order valence-electron chi connectivity index (χ2n) is 20.2. The fourth-order valence-electron chi connectivity index (χ4n) is 8.64. The van der Waals surface area contributed by atoms with Crippen LogP contribution in [-0.4, -0.2) is 89.2 Å². The summed E-state index contributed by atoms with van der Waals surface area (Å²) in [4.78, 5) is 51.1. The van der Waals surface area contributed by atoms with Crippen molar-refractivity contribution in [2.24, 2.45) is 0 Å². The maximum absolute atomic E-state index is 13.1. The van der Waals surface area contributed by atoms with E-state index in [1.165, 1.54) is 77.0 Å². The van der Waals surface area contributed by atoms with E-state index in [9.17, 15) is 34.5 Å². The molecule has 0 saturated carbocycles. The molecule has 1 heterocycles. The van der Waals surface area contributed by atoms with E-state index in [-0.39, 0.29) is 25.9 Å². The molecule has 0 aliphatic carbocycles. The number of ether oxygens (including phenoxy) is 5. The van der Waals surface area contributed by atoms with Crippen molar-refractivity contribution in [3.05, 3.63) is 72.9 Å². The SMILES string of the molecule is CC/C=C\C/C=C\C/C=C\C/C=C\CCCCC(=O)OCC(COC1OC(C(=O)O)C(O)C(O)C1OC(=O)CCCCCCCCC/C=C\CCCCCCCC)OC(=O)CCCCCCC/C=C\CCCCCC. The van der Waals surface area contributed by atoms with Gasteiger partial charge in [0.1, 0.15) is 18.8 Å². The number of hydrogen-bond acceptors (Lipinski definition) is 11. The summed E-state index contributed by atoms with van der Waals surface area (Å²) in [7, 11) is 0. The molecule has 6 atom stereocenters. The normalized spacial score (nSPS) is 18.7. The molecule has 0 amide bonds. The van der Waals surface area contributed by atoms with Crippen LogP contribution in [-0.2, 0) is 42.9 Å². The van der Waals surface area contributed by atoms with Gasteiger partial charge in [-0.15, -0.1) is 0 Å². The fourth-order valence-corrected chi connectivity index (χ4v) is 8.64. The monoisotopic (exact) mass is 1050 g/mol. The summed E-state index contributed by atoms with van der Waals surface area (Å²) in [5.41, 5.74) is 0. The zero-order valence-corrected chi connectivity index (χ0v) is 47.3. The van der Waals surface area contributed by atoms with Crippen LogP contribution in [0.5, 0.6) is 0 Å². The molecule has 0 aromatic carbocycles. The van der Waals surface area contributed by atoms with E-state index in [2.05, 4.69) is 93.7 Å². The van der Waals surface area contributed by atoms with Crippen molar-refractivity contribution in [2.75, 3.05) is 13.2 Å². The number of allylic oxidation sites excluding steroid dienone is 12. The van der Waals surface area contributed by atoms with Crippen molar-refractivity contribution in [3.63, 3.8) is 0 Å². The minimum atomic E-state index is -1.91. The summed E-state index contributed by atoms with van der Waals surface area (Å²) < 4.78 is 28.4. The van der Waals surface area contributed by atoms with E-state index in [1.54, 1.807) is 0 Å². The molecule has 1 rings (SSSR count). The molecule has 6 unspecified atom stereocenters. The van der Waals surface area contributed by atoms with Crippen LogP contribution in [0, 0.1) is 0 Å². The van der Waals surface area contributed by atoms with Gasteiger partial charge in [-0.1, -0.05) is 196 Å². The average Bonchev–Trinajstić information content (AvgIpc) is 3.39. The quantitative estimate of drug-likeness (QED) is 0.0228. The Morgan fingerprint density at radius 1 is 0.453 bits per heavy atom. The van der Waals surface area contributed by atoms with E-state index >= 15 is 0 Å². The zero-order chi connectivity index (χ0) is 54.7. The van der Waals surface area contributed by atoms with Crippen molar-refractivity contribution in [3.8, 4) is 0 Å². The van der Waals surface area contributed by atoms with Crippen LogP contribution in [0.1, 0.15) is 252 Å². The second-order valence-corrected chi connectivity index (χ2v) is 20.2. The first-order chi connectivity index (χ1) is 36.6. The minimum Gasteiger partial charge on any atom is -0.479 e. The van der Waals surface area contributed by atoms with Crippen molar-refractivity contribution >= 4 is 23.9 Å². The topological polar surface area (TPSA) is 175 Å². The number of rotatable bonds is 50. The summed E-state index contributed by atoms with van der Waals surface area (Å²) in [6.07, 6.45) is 51.6. The first-order valence-electron chi connectivity index (χ1n) is 29.9. The van der Waals surface area contributed by atoms with Gasteiger partial charge in [-0.25, -0.2) is 4.79 Å². The van der Waals surface area contributed by atoms with Gasteiger partial charge in [0.2, 0.25) is 0 Å². The number of carbonyl (C=O) groups is 4. The zero-order valence-electron chi connectivity index (χ0n) is 47.3. The highest BCUT2D eigenvalue weighted by Crippen LogP contribution is 2.26. The van der Waals surface area contributed by atoms with E-state index in [0.717, 1.165) is 116 Å². The van der Waals surface area contributed by atoms with Crippen molar-refractivity contribution in [1.29, 1.82) is 0 Å². The highest BCUT2D eigenvalue weighted by Gasteiger charge is 2.50. The van der Waals surface area contributed by atoms with Gasteiger partial charge in [-0.05, 0) is 109 Å². The molecule has 0 radical (unpaired) electrons. The van der Waals surface area contributed by atoms with Gasteiger partial charge in [-0.2, -0.15) is 0 Å². The molecule has 1 fully saturated rings. The van der Waals surface area contributed by atoms with Crippen LogP contribution >= 0.6 is 0 Å². The summed E-state index contributed by atoms with van der Waals surface area (Å²) >= 11 is 0. The molecule has 12 nitrogen and oxygen atoms in total. The molecule has 0 spiro atoms. The predicted molar refractivity (Wildman–Crippen MR) is 303 cm³/mol. The Morgan fingerprint density at radius 2 is 0.840 bits per heavy atom. The summed E-state index contributed by atoms with van der Waals surface area (Å²) in [6.45, 7) is 5.82. The first-order valence-corrected chi connectivity index (χ1v) is 29.9. The van der Waals surface area contributed by atoms with E-state index in [0.29, 0.717) is 19.3 Å². The third-order valence-electron chi connectivity index (χ3n) is 13.2. The molecule has 0 bridgehead atoms. The number of carbonyl (C=O) groups excluding carboxylic acids is 3. The van der Waals surface area contributed by atoms with Crippen LogP contribution in [0.2, 0.25) is 0 Å². The van der Waals surface area contributed by atoms with Crippen molar-refractivity contribution in [2.45, 2.75) is 289 Å². The Balaban J connectivity index is 2.71. The summed E-state index contributed by atoms with van der Waals surface area (Å²) in [5.74, 6) is -3.19. The number of esters is 3. The molecule has 75 heavy (non-hydrogen) atoms. The van der Waals surface area contributed by atoms with E-state index in [4.69, 9.17) is 23.7 Å². The maximum atomic E-state index is 13.1. The van der Waals surface area contributed by atoms with E-state index in [1.807, 2.05) is 0 Å². The molecule has 0 aromatic rings. The Morgan fingerprint density at radius 3 is 1.33 bits per heavy atom. The van der Waals surface area contributed by atoms with Gasteiger partial charge >= 0.3 is 23.9 Å². The number of unbranched alkanes of at least 4 members (excludes halogenated alkanes) is 24. The molecule has 12 heteroatoms. The largest absolute Gasteiger partial charge is 0.479 e. The lowest BCUT2D eigenvalue weighted by Crippen LogP contribution is -2.61. The Kier molecular flexibility index (Phi) is 47.0. The van der Waals surface area contributed by atoms with Crippen LogP contribution in [0.3, 0.4) is 0 Å². The summed E-state index contributed by atoms with van der Waals surface area (Å²) in [5, 5.41) is 31.5. The van der Waals surface area contributed by atoms with Crippen LogP contribution < -0.4 is 0 Å². The number of hydrogen-bond donors (Lipinski definition) is 3. The Labute approximate surface area is 455 Å². The smallest absolute Gasteiger partial charge is 0.335 e. The van der Waals surface area contributed by atoms with Gasteiger partial charge in [0.15, 0.2) is 24.6 Å². The number of carboxylic acid groups (broad SMARTS) is 1. The molecule has 3 N–H and O–H groups in total. The standard InChI is InChI=1S/C63H106O12/c1-4-7-10-13-16-19-22-25-27-28-30-33-36-39-42-45-48-51-57(66)74-61-59(68)58(67)60(62(69)70)75-63(61)72-53-54(73-56(65)50-47-44-41-38-35-31-24-21-18-15-12-9-6-3)52-71-55(64)49-46-43-40-37-34-32-29-26-23-20-17-14-11-8-5-2/h8,11,17,20-21,24-27,29,34,37,54,58-61,63,67-68H,4-7,9-10,12-16,18-19,22-23,28,30-33,35-36,38-53H2,1-3H3,(H,69,70)/b11-8-,20-17-,24-21-,27-25-,29-26-,37-34-. The lowest BCUT2D eigenvalue weighted by atomic mass is 9.98.